The van der Waals surface area contributed by atoms with E-state index in [0.29, 0.717) is 18.4 Å². The SMILES string of the molecule is [N-]=[N+]=CCCCc1ccccc1[N+](=O)[O-]. The summed E-state index contributed by atoms with van der Waals surface area (Å²) in [6.45, 7) is 0. The van der Waals surface area contributed by atoms with Crippen molar-refractivity contribution in [2.75, 3.05) is 0 Å². The van der Waals surface area contributed by atoms with E-state index >= 15 is 0 Å². The largest absolute Gasteiger partial charge is 0.362 e. The number of hydrogen-bond donors (Lipinski definition) is 0. The van der Waals surface area contributed by atoms with E-state index < -0.39 is 0 Å². The van der Waals surface area contributed by atoms with Gasteiger partial charge in [-0.15, -0.1) is 0 Å². The number of rotatable bonds is 5. The van der Waals surface area contributed by atoms with Gasteiger partial charge in [0.05, 0.1) is 4.92 Å². The van der Waals surface area contributed by atoms with Crippen LogP contribution in [0.2, 0.25) is 0 Å². The summed E-state index contributed by atoms with van der Waals surface area (Å²) >= 11 is 0. The van der Waals surface area contributed by atoms with Gasteiger partial charge < -0.3 is 5.53 Å². The Bertz CT molecular complexity index is 397. The molecule has 0 aromatic heterocycles. The Labute approximate surface area is 87.1 Å². The van der Waals surface area contributed by atoms with Crippen LogP contribution >= 0.6 is 0 Å². The number of para-hydroxylation sites is 1. The van der Waals surface area contributed by atoms with Gasteiger partial charge in [0.25, 0.3) is 11.9 Å². The lowest BCUT2D eigenvalue weighted by atomic mass is 10.1. The molecule has 0 aliphatic heterocycles. The first-order valence-corrected chi connectivity index (χ1v) is 4.64. The van der Waals surface area contributed by atoms with Crippen molar-refractivity contribution in [2.45, 2.75) is 19.3 Å². The van der Waals surface area contributed by atoms with Crippen molar-refractivity contribution >= 4 is 11.9 Å². The lowest BCUT2D eigenvalue weighted by Gasteiger charge is -1.99. The molecule has 1 rings (SSSR count). The lowest BCUT2D eigenvalue weighted by Crippen LogP contribution is -1.95. The second-order valence-corrected chi connectivity index (χ2v) is 3.08. The first kappa shape index (κ1) is 11.1. The van der Waals surface area contributed by atoms with E-state index in [0.717, 1.165) is 6.42 Å². The third-order valence-corrected chi connectivity index (χ3v) is 2.05. The molecule has 0 N–H and O–H groups in total. The van der Waals surface area contributed by atoms with Crippen LogP contribution in [-0.4, -0.2) is 15.9 Å². The molecule has 0 heterocycles. The van der Waals surface area contributed by atoms with Gasteiger partial charge in [0.2, 0.25) is 0 Å². The standard InChI is InChI=1S/C10H11N3O2/c11-12-8-4-3-6-9-5-1-2-7-10(9)13(14)15/h1-2,5,7-8H,3-4,6H2. The number of hydrogen-bond acceptors (Lipinski definition) is 2. The minimum atomic E-state index is -0.379. The van der Waals surface area contributed by atoms with Crippen molar-refractivity contribution in [1.82, 2.24) is 0 Å². The molecular weight excluding hydrogens is 194 g/mol. The minimum Gasteiger partial charge on any atom is -0.362 e. The topological polar surface area (TPSA) is 79.5 Å². The maximum Gasteiger partial charge on any atom is 0.272 e. The number of aryl methyl sites for hydroxylation is 1. The van der Waals surface area contributed by atoms with Gasteiger partial charge in [-0.3, -0.25) is 10.1 Å². The molecule has 0 spiro atoms. The van der Waals surface area contributed by atoms with Crippen LogP contribution in [0, 0.1) is 10.1 Å². The van der Waals surface area contributed by atoms with Gasteiger partial charge in [0.15, 0.2) is 0 Å². The number of nitro benzene ring substituents is 1. The second-order valence-electron chi connectivity index (χ2n) is 3.08. The molecule has 1 aromatic rings. The fourth-order valence-electron chi connectivity index (χ4n) is 1.34. The summed E-state index contributed by atoms with van der Waals surface area (Å²) in [5.74, 6) is 0. The van der Waals surface area contributed by atoms with Gasteiger partial charge in [-0.05, 0) is 12.8 Å². The van der Waals surface area contributed by atoms with Crippen molar-refractivity contribution < 1.29 is 9.71 Å². The summed E-state index contributed by atoms with van der Waals surface area (Å²) < 4.78 is 0. The third kappa shape index (κ3) is 3.32. The Morgan fingerprint density at radius 1 is 1.47 bits per heavy atom. The Kier molecular flexibility index (Phi) is 4.19. The van der Waals surface area contributed by atoms with E-state index in [4.69, 9.17) is 5.53 Å². The van der Waals surface area contributed by atoms with Crippen LogP contribution in [-0.2, 0) is 6.42 Å². The lowest BCUT2D eigenvalue weighted by molar-refractivity contribution is -0.385. The maximum atomic E-state index is 10.6. The fourth-order valence-corrected chi connectivity index (χ4v) is 1.34. The summed E-state index contributed by atoms with van der Waals surface area (Å²) in [7, 11) is 0. The van der Waals surface area contributed by atoms with Gasteiger partial charge in [-0.1, -0.05) is 18.2 Å². The first-order valence-electron chi connectivity index (χ1n) is 4.64. The molecule has 0 aliphatic rings. The van der Waals surface area contributed by atoms with Gasteiger partial charge in [-0.25, -0.2) is 0 Å². The van der Waals surface area contributed by atoms with Crippen molar-refractivity contribution in [3.63, 3.8) is 0 Å². The summed E-state index contributed by atoms with van der Waals surface area (Å²) in [6, 6.07) is 6.67. The number of nitro groups is 1. The highest BCUT2D eigenvalue weighted by Crippen LogP contribution is 2.19. The van der Waals surface area contributed by atoms with Crippen molar-refractivity contribution in [3.8, 4) is 0 Å². The first-order chi connectivity index (χ1) is 7.25. The van der Waals surface area contributed by atoms with Crippen LogP contribution in [0.1, 0.15) is 18.4 Å². The highest BCUT2D eigenvalue weighted by Gasteiger charge is 2.11. The molecule has 78 valence electrons. The van der Waals surface area contributed by atoms with Crippen molar-refractivity contribution in [1.29, 1.82) is 0 Å². The fraction of sp³-hybridized carbons (Fsp3) is 0.300. The molecule has 0 saturated heterocycles. The van der Waals surface area contributed by atoms with E-state index in [9.17, 15) is 10.1 Å². The van der Waals surface area contributed by atoms with Crippen LogP contribution in [0.15, 0.2) is 24.3 Å². The molecule has 0 radical (unpaired) electrons. The average Bonchev–Trinajstić information content (AvgIpc) is 2.25. The van der Waals surface area contributed by atoms with Crippen molar-refractivity contribution in [2.24, 2.45) is 0 Å². The Morgan fingerprint density at radius 3 is 2.87 bits per heavy atom. The van der Waals surface area contributed by atoms with Crippen LogP contribution in [0.3, 0.4) is 0 Å². The molecule has 15 heavy (non-hydrogen) atoms. The maximum absolute atomic E-state index is 10.6. The molecule has 0 fully saturated rings. The molecule has 0 unspecified atom stereocenters. The van der Waals surface area contributed by atoms with E-state index in [1.165, 1.54) is 12.3 Å². The Hall–Kier alpha value is -2.00. The molecule has 0 aliphatic carbocycles. The number of unbranched alkanes of at least 4 members (excludes halogenated alkanes) is 1. The summed E-state index contributed by atoms with van der Waals surface area (Å²) in [6.07, 6.45) is 3.34. The Morgan fingerprint density at radius 2 is 2.20 bits per heavy atom. The van der Waals surface area contributed by atoms with Gasteiger partial charge in [-0.2, -0.15) is 4.79 Å². The summed E-state index contributed by atoms with van der Waals surface area (Å²) in [5.41, 5.74) is 9.04. The highest BCUT2D eigenvalue weighted by molar-refractivity contribution is 5.50. The monoisotopic (exact) mass is 205 g/mol. The third-order valence-electron chi connectivity index (χ3n) is 2.05. The van der Waals surface area contributed by atoms with Crippen LogP contribution in [0.4, 0.5) is 5.69 Å². The quantitative estimate of drug-likeness (QED) is 0.184. The van der Waals surface area contributed by atoms with E-state index in [-0.39, 0.29) is 10.6 Å². The van der Waals surface area contributed by atoms with Crippen LogP contribution < -0.4 is 0 Å². The van der Waals surface area contributed by atoms with Gasteiger partial charge in [0.1, 0.15) is 0 Å². The molecule has 1 aromatic carbocycles. The normalized spacial score (nSPS) is 9.33. The van der Waals surface area contributed by atoms with Gasteiger partial charge in [0, 0.05) is 18.1 Å². The molecule has 0 bridgehead atoms. The highest BCUT2D eigenvalue weighted by atomic mass is 16.6. The van der Waals surface area contributed by atoms with E-state index in [1.807, 2.05) is 0 Å². The molecular formula is C10H11N3O2. The number of nitrogens with zero attached hydrogens (tertiary/aromatic N) is 3. The molecule has 5 heteroatoms. The zero-order valence-corrected chi connectivity index (χ0v) is 8.17. The second kappa shape index (κ2) is 5.67. The van der Waals surface area contributed by atoms with E-state index in [1.54, 1.807) is 18.2 Å². The zero-order chi connectivity index (χ0) is 11.1. The predicted octanol–water partition coefficient (Wildman–Crippen LogP) is 2.22. The van der Waals surface area contributed by atoms with E-state index in [2.05, 4.69) is 4.79 Å². The van der Waals surface area contributed by atoms with Gasteiger partial charge >= 0.3 is 0 Å². The zero-order valence-electron chi connectivity index (χ0n) is 8.17. The average molecular weight is 205 g/mol. The number of benzene rings is 1. The summed E-state index contributed by atoms with van der Waals surface area (Å²) in [5, 5.41) is 10.6. The molecule has 0 saturated carbocycles. The Balaban J connectivity index is 2.67. The smallest absolute Gasteiger partial charge is 0.272 e. The van der Waals surface area contributed by atoms with Crippen LogP contribution in [0.25, 0.3) is 5.53 Å². The van der Waals surface area contributed by atoms with Crippen LogP contribution in [0.5, 0.6) is 0 Å². The molecule has 0 amide bonds. The van der Waals surface area contributed by atoms with Crippen molar-refractivity contribution in [3.05, 3.63) is 45.5 Å². The minimum absolute atomic E-state index is 0.151. The molecule has 5 nitrogen and oxygen atoms in total. The molecule has 0 atom stereocenters. The summed E-state index contributed by atoms with van der Waals surface area (Å²) in [4.78, 5) is 13.1. The predicted molar refractivity (Wildman–Crippen MR) is 55.7 cm³/mol.